The van der Waals surface area contributed by atoms with Gasteiger partial charge in [-0.05, 0) is 25.5 Å². The van der Waals surface area contributed by atoms with Crippen molar-refractivity contribution in [2.24, 2.45) is 0 Å². The van der Waals surface area contributed by atoms with Gasteiger partial charge in [-0.1, -0.05) is 30.7 Å². The minimum Gasteiger partial charge on any atom is -0.492 e. The van der Waals surface area contributed by atoms with E-state index in [9.17, 15) is 9.59 Å². The van der Waals surface area contributed by atoms with Crippen LogP contribution in [0.1, 0.15) is 19.4 Å². The number of H-pyrrole nitrogens is 1. The van der Waals surface area contributed by atoms with Crippen LogP contribution in [0.2, 0.25) is 5.15 Å². The smallest absolute Gasteiger partial charge is 0.334 e. The number of para-hydroxylation sites is 2. The molecule has 5 nitrogen and oxygen atoms in total. The van der Waals surface area contributed by atoms with E-state index >= 15 is 0 Å². The summed E-state index contributed by atoms with van der Waals surface area (Å²) < 4.78 is 6.51. The molecule has 0 amide bonds. The van der Waals surface area contributed by atoms with E-state index in [2.05, 4.69) is 4.98 Å². The van der Waals surface area contributed by atoms with Crippen molar-refractivity contribution in [2.75, 3.05) is 6.61 Å². The van der Waals surface area contributed by atoms with Crippen LogP contribution < -0.4 is 16.0 Å². The molecule has 0 aliphatic carbocycles. The van der Waals surface area contributed by atoms with Crippen LogP contribution in [0.5, 0.6) is 5.75 Å². The maximum Gasteiger partial charge on any atom is 0.334 e. The molecule has 1 aromatic carbocycles. The Morgan fingerprint density at radius 1 is 1.25 bits per heavy atom. The van der Waals surface area contributed by atoms with Crippen LogP contribution in [-0.2, 0) is 6.42 Å². The minimum absolute atomic E-state index is 0.0904. The largest absolute Gasteiger partial charge is 0.492 e. The van der Waals surface area contributed by atoms with Crippen molar-refractivity contribution in [3.63, 3.8) is 0 Å². The van der Waals surface area contributed by atoms with E-state index in [1.165, 1.54) is 0 Å². The number of nitrogens with one attached hydrogen (secondary N) is 1. The third-order valence-corrected chi connectivity index (χ3v) is 3.23. The number of hydrogen-bond acceptors (Lipinski definition) is 3. The summed E-state index contributed by atoms with van der Waals surface area (Å²) in [5.74, 6) is 0.479. The molecule has 20 heavy (non-hydrogen) atoms. The summed E-state index contributed by atoms with van der Waals surface area (Å²) >= 11 is 5.90. The van der Waals surface area contributed by atoms with Gasteiger partial charge in [-0.15, -0.1) is 0 Å². The Balaban J connectivity index is 2.77. The molecule has 1 aromatic heterocycles. The molecule has 0 saturated heterocycles. The molecule has 0 aliphatic rings. The van der Waals surface area contributed by atoms with E-state index in [4.69, 9.17) is 16.3 Å². The first kappa shape index (κ1) is 14.4. The number of aromatic nitrogens is 2. The van der Waals surface area contributed by atoms with Crippen molar-refractivity contribution >= 4 is 11.6 Å². The van der Waals surface area contributed by atoms with Gasteiger partial charge in [-0.25, -0.2) is 9.36 Å². The zero-order valence-corrected chi connectivity index (χ0v) is 12.0. The lowest BCUT2D eigenvalue weighted by atomic mass is 10.2. The van der Waals surface area contributed by atoms with E-state index in [1.807, 2.05) is 6.92 Å². The Bertz CT molecular complexity index is 734. The molecule has 0 unspecified atom stereocenters. The average Bonchev–Trinajstić information content (AvgIpc) is 2.41. The zero-order valence-electron chi connectivity index (χ0n) is 11.3. The van der Waals surface area contributed by atoms with E-state index in [0.717, 1.165) is 4.57 Å². The fourth-order valence-corrected chi connectivity index (χ4v) is 2.29. The Morgan fingerprint density at radius 2 is 1.95 bits per heavy atom. The summed E-state index contributed by atoms with van der Waals surface area (Å²) in [5.41, 5.74) is -0.220. The van der Waals surface area contributed by atoms with Crippen LogP contribution in [0.25, 0.3) is 5.69 Å². The Morgan fingerprint density at radius 3 is 2.60 bits per heavy atom. The summed E-state index contributed by atoms with van der Waals surface area (Å²) in [6, 6.07) is 6.90. The molecule has 6 heteroatoms. The van der Waals surface area contributed by atoms with Crippen molar-refractivity contribution in [2.45, 2.75) is 20.3 Å². The van der Waals surface area contributed by atoms with Crippen molar-refractivity contribution in [3.8, 4) is 11.4 Å². The maximum atomic E-state index is 12.4. The normalized spacial score (nSPS) is 10.6. The molecule has 0 aliphatic heterocycles. The third kappa shape index (κ3) is 2.49. The number of halogens is 1. The Labute approximate surface area is 120 Å². The highest BCUT2D eigenvalue weighted by Crippen LogP contribution is 2.20. The van der Waals surface area contributed by atoms with Crippen LogP contribution in [0.15, 0.2) is 33.9 Å². The number of benzene rings is 1. The van der Waals surface area contributed by atoms with Gasteiger partial charge < -0.3 is 4.74 Å². The van der Waals surface area contributed by atoms with E-state index in [0.29, 0.717) is 30.0 Å². The second-order valence-corrected chi connectivity index (χ2v) is 4.50. The van der Waals surface area contributed by atoms with Gasteiger partial charge in [0.1, 0.15) is 10.9 Å². The lowest BCUT2D eigenvalue weighted by molar-refractivity contribution is 0.338. The van der Waals surface area contributed by atoms with Gasteiger partial charge in [0.2, 0.25) is 0 Å². The molecule has 0 atom stereocenters. The van der Waals surface area contributed by atoms with Gasteiger partial charge in [0, 0.05) is 0 Å². The van der Waals surface area contributed by atoms with Gasteiger partial charge in [0.05, 0.1) is 17.9 Å². The zero-order chi connectivity index (χ0) is 14.7. The van der Waals surface area contributed by atoms with Crippen LogP contribution in [0.4, 0.5) is 0 Å². The molecular formula is C14H15ClN2O3. The van der Waals surface area contributed by atoms with Gasteiger partial charge in [0.15, 0.2) is 0 Å². The van der Waals surface area contributed by atoms with Crippen LogP contribution >= 0.6 is 11.6 Å². The number of rotatable bonds is 4. The first-order valence-corrected chi connectivity index (χ1v) is 6.73. The highest BCUT2D eigenvalue weighted by atomic mass is 35.5. The molecule has 2 aromatic rings. The molecule has 1 heterocycles. The SMILES string of the molecule is CCOc1ccccc1-n1c(=O)[nH]c(Cl)c(CC)c1=O. The van der Waals surface area contributed by atoms with Crippen molar-refractivity contribution in [1.29, 1.82) is 0 Å². The summed E-state index contributed by atoms with van der Waals surface area (Å²) in [7, 11) is 0. The van der Waals surface area contributed by atoms with Crippen LogP contribution in [0, 0.1) is 0 Å². The summed E-state index contributed by atoms with van der Waals surface area (Å²) in [5, 5.41) is 0.0904. The van der Waals surface area contributed by atoms with Gasteiger partial charge in [-0.3, -0.25) is 9.78 Å². The standard InChI is InChI=1S/C14H15ClN2O3/c1-3-9-12(15)16-14(19)17(13(9)18)10-7-5-6-8-11(10)20-4-2/h5-8H,3-4H2,1-2H3,(H,16,19). The molecule has 1 N–H and O–H groups in total. The highest BCUT2D eigenvalue weighted by molar-refractivity contribution is 6.30. The summed E-state index contributed by atoms with van der Waals surface area (Å²) in [6.45, 7) is 4.08. The first-order chi connectivity index (χ1) is 9.60. The van der Waals surface area contributed by atoms with E-state index < -0.39 is 11.2 Å². The lowest BCUT2D eigenvalue weighted by Gasteiger charge is -2.12. The number of hydrogen-bond donors (Lipinski definition) is 1. The number of ether oxygens (including phenoxy) is 1. The molecular weight excluding hydrogens is 280 g/mol. The lowest BCUT2D eigenvalue weighted by Crippen LogP contribution is -2.36. The molecule has 2 rings (SSSR count). The predicted molar refractivity (Wildman–Crippen MR) is 78.2 cm³/mol. The number of aromatic amines is 1. The molecule has 0 saturated carbocycles. The third-order valence-electron chi connectivity index (χ3n) is 2.91. The first-order valence-electron chi connectivity index (χ1n) is 6.36. The topological polar surface area (TPSA) is 64.1 Å². The quantitative estimate of drug-likeness (QED) is 0.879. The molecule has 0 radical (unpaired) electrons. The Hall–Kier alpha value is -2.01. The van der Waals surface area contributed by atoms with Crippen molar-refractivity contribution in [3.05, 3.63) is 55.8 Å². The summed E-state index contributed by atoms with van der Waals surface area (Å²) in [4.78, 5) is 26.9. The van der Waals surface area contributed by atoms with Crippen LogP contribution in [0.3, 0.4) is 0 Å². The molecule has 0 bridgehead atoms. The van der Waals surface area contributed by atoms with Gasteiger partial charge in [-0.2, -0.15) is 0 Å². The molecule has 0 fully saturated rings. The number of nitrogens with zero attached hydrogens (tertiary/aromatic N) is 1. The van der Waals surface area contributed by atoms with Crippen molar-refractivity contribution in [1.82, 2.24) is 9.55 Å². The molecule has 106 valence electrons. The second-order valence-electron chi connectivity index (χ2n) is 4.12. The Kier molecular flexibility index (Phi) is 4.29. The van der Waals surface area contributed by atoms with Crippen LogP contribution in [-0.4, -0.2) is 16.2 Å². The van der Waals surface area contributed by atoms with Gasteiger partial charge >= 0.3 is 5.69 Å². The fourth-order valence-electron chi connectivity index (χ4n) is 1.99. The van der Waals surface area contributed by atoms with Gasteiger partial charge in [0.25, 0.3) is 5.56 Å². The second kappa shape index (κ2) is 5.96. The predicted octanol–water partition coefficient (Wildman–Crippen LogP) is 2.14. The summed E-state index contributed by atoms with van der Waals surface area (Å²) in [6.07, 6.45) is 0.436. The maximum absolute atomic E-state index is 12.4. The highest BCUT2D eigenvalue weighted by Gasteiger charge is 2.15. The monoisotopic (exact) mass is 294 g/mol. The van der Waals surface area contributed by atoms with Crippen molar-refractivity contribution < 1.29 is 4.74 Å². The molecule has 0 spiro atoms. The fraction of sp³-hybridized carbons (Fsp3) is 0.286. The van der Waals surface area contributed by atoms with E-state index in [-0.39, 0.29) is 5.15 Å². The van der Waals surface area contributed by atoms with E-state index in [1.54, 1.807) is 31.2 Å². The minimum atomic E-state index is -0.579. The average molecular weight is 295 g/mol.